The van der Waals surface area contributed by atoms with Crippen LogP contribution in [0.5, 0.6) is 0 Å². The van der Waals surface area contributed by atoms with Crippen molar-refractivity contribution in [3.63, 3.8) is 0 Å². The van der Waals surface area contributed by atoms with Crippen LogP contribution in [0.2, 0.25) is 0 Å². The first kappa shape index (κ1) is 14.4. The molecule has 23 heavy (non-hydrogen) atoms. The van der Waals surface area contributed by atoms with E-state index in [1.165, 1.54) is 24.2 Å². The second kappa shape index (κ2) is 5.77. The lowest BCUT2D eigenvalue weighted by Gasteiger charge is -2.32. The molecule has 1 saturated heterocycles. The normalized spacial score (nSPS) is 19.5. The molecule has 120 valence electrons. The summed E-state index contributed by atoms with van der Waals surface area (Å²) < 4.78 is 1.85. The molecule has 3 aromatic heterocycles. The van der Waals surface area contributed by atoms with Crippen molar-refractivity contribution in [3.8, 4) is 0 Å². The van der Waals surface area contributed by atoms with Gasteiger partial charge < -0.3 is 4.98 Å². The molecule has 0 radical (unpaired) electrons. The van der Waals surface area contributed by atoms with E-state index >= 15 is 0 Å². The fourth-order valence-corrected chi connectivity index (χ4v) is 3.46. The summed E-state index contributed by atoms with van der Waals surface area (Å²) in [5.74, 6) is 0.488. The lowest BCUT2D eigenvalue weighted by atomic mass is 9.94. The Morgan fingerprint density at radius 3 is 3.09 bits per heavy atom. The van der Waals surface area contributed by atoms with Gasteiger partial charge in [0.2, 0.25) is 0 Å². The van der Waals surface area contributed by atoms with E-state index in [-0.39, 0.29) is 0 Å². The molecule has 1 aliphatic heterocycles. The van der Waals surface area contributed by atoms with Crippen LogP contribution in [0.3, 0.4) is 0 Å². The van der Waals surface area contributed by atoms with Gasteiger partial charge in [-0.2, -0.15) is 5.10 Å². The monoisotopic (exact) mass is 310 g/mol. The van der Waals surface area contributed by atoms with Crippen LogP contribution in [-0.2, 0) is 13.6 Å². The van der Waals surface area contributed by atoms with Crippen LogP contribution in [0.15, 0.2) is 24.7 Å². The third kappa shape index (κ3) is 2.74. The van der Waals surface area contributed by atoms with Crippen LogP contribution in [0, 0.1) is 6.92 Å². The fraction of sp³-hybridized carbons (Fsp3) is 0.471. The van der Waals surface area contributed by atoms with Gasteiger partial charge in [-0.1, -0.05) is 0 Å². The highest BCUT2D eigenvalue weighted by Crippen LogP contribution is 2.27. The molecule has 1 aliphatic rings. The van der Waals surface area contributed by atoms with Crippen molar-refractivity contribution in [3.05, 3.63) is 41.7 Å². The van der Waals surface area contributed by atoms with Crippen LogP contribution in [-0.4, -0.2) is 42.7 Å². The van der Waals surface area contributed by atoms with Gasteiger partial charge in [0.05, 0.1) is 18.2 Å². The van der Waals surface area contributed by atoms with Crippen molar-refractivity contribution < 1.29 is 0 Å². The highest BCUT2D eigenvalue weighted by Gasteiger charge is 2.23. The quantitative estimate of drug-likeness (QED) is 0.807. The van der Waals surface area contributed by atoms with E-state index in [1.807, 2.05) is 17.9 Å². The number of H-pyrrole nitrogens is 1. The van der Waals surface area contributed by atoms with Gasteiger partial charge in [0.15, 0.2) is 5.65 Å². The molecule has 3 aromatic rings. The summed E-state index contributed by atoms with van der Waals surface area (Å²) in [6.07, 6.45) is 6.06. The number of hydrogen-bond acceptors (Lipinski definition) is 4. The maximum atomic E-state index is 4.86. The molecule has 0 aromatic carbocycles. The predicted octanol–water partition coefficient (Wildman–Crippen LogP) is 2.38. The summed E-state index contributed by atoms with van der Waals surface area (Å²) in [5, 5.41) is 5.40. The Kier molecular flexibility index (Phi) is 3.61. The Balaban J connectivity index is 1.53. The molecule has 0 spiro atoms. The average molecular weight is 310 g/mol. The van der Waals surface area contributed by atoms with E-state index in [0.717, 1.165) is 36.4 Å². The second-order valence-electron chi connectivity index (χ2n) is 6.47. The summed E-state index contributed by atoms with van der Waals surface area (Å²) in [7, 11) is 1.95. The summed E-state index contributed by atoms with van der Waals surface area (Å²) in [4.78, 5) is 14.9. The average Bonchev–Trinajstić information content (AvgIpc) is 3.14. The molecule has 0 unspecified atom stereocenters. The molecule has 4 heterocycles. The Hall–Kier alpha value is -2.21. The number of imidazole rings is 1. The highest BCUT2D eigenvalue weighted by molar-refractivity contribution is 5.74. The van der Waals surface area contributed by atoms with Crippen molar-refractivity contribution in [2.45, 2.75) is 32.2 Å². The zero-order chi connectivity index (χ0) is 15.8. The van der Waals surface area contributed by atoms with E-state index < -0.39 is 0 Å². The standard InChI is InChI=1S/C17H22N6/c1-12-16(19-11-18-12)10-23-7-3-4-14(9-23)15-6-5-13-8-20-22(2)17(13)21-15/h5-6,8,11,14H,3-4,7,9-10H2,1-2H3,(H,18,19)/t14-/m0/s1. The number of likely N-dealkylation sites (tertiary alicyclic amines) is 1. The second-order valence-corrected chi connectivity index (χ2v) is 6.47. The van der Waals surface area contributed by atoms with Crippen LogP contribution in [0.4, 0.5) is 0 Å². The van der Waals surface area contributed by atoms with Crippen molar-refractivity contribution in [1.29, 1.82) is 0 Å². The van der Waals surface area contributed by atoms with E-state index in [9.17, 15) is 0 Å². The van der Waals surface area contributed by atoms with Gasteiger partial charge >= 0.3 is 0 Å². The fourth-order valence-electron chi connectivity index (χ4n) is 3.46. The van der Waals surface area contributed by atoms with Gasteiger partial charge in [0.1, 0.15) is 0 Å². The molecule has 1 fully saturated rings. The first-order valence-electron chi connectivity index (χ1n) is 8.20. The summed E-state index contributed by atoms with van der Waals surface area (Å²) in [5.41, 5.74) is 4.48. The Morgan fingerprint density at radius 1 is 1.35 bits per heavy atom. The van der Waals surface area contributed by atoms with Gasteiger partial charge in [0, 0.05) is 42.8 Å². The van der Waals surface area contributed by atoms with Crippen LogP contribution in [0.25, 0.3) is 11.0 Å². The number of pyridine rings is 1. The molecule has 0 amide bonds. The molecule has 6 nitrogen and oxygen atoms in total. The first-order chi connectivity index (χ1) is 11.2. The van der Waals surface area contributed by atoms with E-state index in [4.69, 9.17) is 4.98 Å². The van der Waals surface area contributed by atoms with E-state index in [2.05, 4.69) is 39.0 Å². The highest BCUT2D eigenvalue weighted by atomic mass is 15.3. The minimum Gasteiger partial charge on any atom is -0.348 e. The molecular weight excluding hydrogens is 288 g/mol. The van der Waals surface area contributed by atoms with Crippen LogP contribution >= 0.6 is 0 Å². The number of aromatic amines is 1. The molecular formula is C17H22N6. The number of piperidine rings is 1. The van der Waals surface area contributed by atoms with Crippen molar-refractivity contribution in [1.82, 2.24) is 29.6 Å². The number of rotatable bonds is 3. The lowest BCUT2D eigenvalue weighted by Crippen LogP contribution is -2.34. The van der Waals surface area contributed by atoms with Crippen LogP contribution < -0.4 is 0 Å². The SMILES string of the molecule is Cc1[nH]cnc1CN1CCC[C@H](c2ccc3cnn(C)c3n2)C1. The molecule has 0 aliphatic carbocycles. The molecule has 1 N–H and O–H groups in total. The molecule has 0 bridgehead atoms. The van der Waals surface area contributed by atoms with Gasteiger partial charge in [0.25, 0.3) is 0 Å². The number of aryl methyl sites for hydroxylation is 2. The predicted molar refractivity (Wildman–Crippen MR) is 89.1 cm³/mol. The van der Waals surface area contributed by atoms with Gasteiger partial charge in [-0.05, 0) is 38.4 Å². The zero-order valence-electron chi connectivity index (χ0n) is 13.7. The largest absolute Gasteiger partial charge is 0.348 e. The molecule has 4 rings (SSSR count). The molecule has 1 atom stereocenters. The maximum absolute atomic E-state index is 4.86. The minimum atomic E-state index is 0.488. The Labute approximate surface area is 135 Å². The number of nitrogens with zero attached hydrogens (tertiary/aromatic N) is 5. The van der Waals surface area contributed by atoms with Gasteiger partial charge in [-0.15, -0.1) is 0 Å². The number of aromatic nitrogens is 5. The Bertz CT molecular complexity index is 817. The van der Waals surface area contributed by atoms with E-state index in [0.29, 0.717) is 5.92 Å². The van der Waals surface area contributed by atoms with Crippen molar-refractivity contribution >= 4 is 11.0 Å². The van der Waals surface area contributed by atoms with Crippen molar-refractivity contribution in [2.75, 3.05) is 13.1 Å². The smallest absolute Gasteiger partial charge is 0.157 e. The first-order valence-corrected chi connectivity index (χ1v) is 8.20. The minimum absolute atomic E-state index is 0.488. The topological polar surface area (TPSA) is 62.6 Å². The Morgan fingerprint density at radius 2 is 2.26 bits per heavy atom. The van der Waals surface area contributed by atoms with Crippen LogP contribution in [0.1, 0.15) is 35.8 Å². The third-order valence-corrected chi connectivity index (χ3v) is 4.83. The summed E-state index contributed by atoms with van der Waals surface area (Å²) in [6.45, 7) is 5.18. The lowest BCUT2D eigenvalue weighted by molar-refractivity contribution is 0.196. The third-order valence-electron chi connectivity index (χ3n) is 4.83. The molecule has 0 saturated carbocycles. The van der Waals surface area contributed by atoms with Gasteiger partial charge in [-0.3, -0.25) is 9.58 Å². The summed E-state index contributed by atoms with van der Waals surface area (Å²) >= 11 is 0. The van der Waals surface area contributed by atoms with Gasteiger partial charge in [-0.25, -0.2) is 9.97 Å². The zero-order valence-corrected chi connectivity index (χ0v) is 13.7. The van der Waals surface area contributed by atoms with E-state index in [1.54, 1.807) is 6.33 Å². The van der Waals surface area contributed by atoms with Crippen molar-refractivity contribution in [2.24, 2.45) is 7.05 Å². The summed E-state index contributed by atoms with van der Waals surface area (Å²) in [6, 6.07) is 4.31. The number of nitrogens with one attached hydrogen (secondary N) is 1. The maximum Gasteiger partial charge on any atom is 0.157 e. The number of fused-ring (bicyclic) bond motifs is 1. The molecule has 6 heteroatoms. The number of hydrogen-bond donors (Lipinski definition) is 1.